The maximum atomic E-state index is 5.56. The van der Waals surface area contributed by atoms with Gasteiger partial charge in [0.2, 0.25) is 0 Å². The van der Waals surface area contributed by atoms with Gasteiger partial charge in [-0.25, -0.2) is 4.98 Å². The van der Waals surface area contributed by atoms with Gasteiger partial charge >= 0.3 is 0 Å². The molecule has 17 heavy (non-hydrogen) atoms. The van der Waals surface area contributed by atoms with Crippen LogP contribution in [0.4, 0.5) is 0 Å². The van der Waals surface area contributed by atoms with Crippen molar-refractivity contribution in [3.05, 3.63) is 36.3 Å². The molecule has 0 spiro atoms. The topological polar surface area (TPSA) is 53.1 Å². The molecule has 2 N–H and O–H groups in total. The Labute approximate surface area is 101 Å². The van der Waals surface area contributed by atoms with Crippen LogP contribution < -0.4 is 10.5 Å². The molecule has 1 heterocycles. The number of nitrogens with zero attached hydrogens (tertiary/aromatic N) is 2. The van der Waals surface area contributed by atoms with Gasteiger partial charge in [0.05, 0.1) is 12.8 Å². The van der Waals surface area contributed by atoms with Crippen LogP contribution in [0.5, 0.6) is 5.75 Å². The zero-order valence-corrected chi connectivity index (χ0v) is 10.2. The Kier molecular flexibility index (Phi) is 3.44. The SMILES string of the molecule is COc1ccccc1-c1cn(CCN)c(C)n1. The summed E-state index contributed by atoms with van der Waals surface area (Å²) >= 11 is 0. The monoisotopic (exact) mass is 231 g/mol. The van der Waals surface area contributed by atoms with Crippen molar-refractivity contribution in [3.63, 3.8) is 0 Å². The first kappa shape index (κ1) is 11.7. The number of benzene rings is 1. The van der Waals surface area contributed by atoms with Crippen molar-refractivity contribution in [1.29, 1.82) is 0 Å². The van der Waals surface area contributed by atoms with Gasteiger partial charge < -0.3 is 15.0 Å². The van der Waals surface area contributed by atoms with E-state index in [1.165, 1.54) is 0 Å². The highest BCUT2D eigenvalue weighted by molar-refractivity contribution is 5.66. The highest BCUT2D eigenvalue weighted by Crippen LogP contribution is 2.28. The van der Waals surface area contributed by atoms with Crippen molar-refractivity contribution in [3.8, 4) is 17.0 Å². The number of para-hydroxylation sites is 1. The van der Waals surface area contributed by atoms with E-state index in [0.29, 0.717) is 6.54 Å². The van der Waals surface area contributed by atoms with E-state index in [1.807, 2.05) is 37.4 Å². The number of nitrogens with two attached hydrogens (primary N) is 1. The van der Waals surface area contributed by atoms with E-state index in [4.69, 9.17) is 10.5 Å². The molecule has 0 unspecified atom stereocenters. The molecular weight excluding hydrogens is 214 g/mol. The van der Waals surface area contributed by atoms with E-state index in [1.54, 1.807) is 7.11 Å². The average molecular weight is 231 g/mol. The molecule has 4 heteroatoms. The van der Waals surface area contributed by atoms with E-state index >= 15 is 0 Å². The molecule has 0 aliphatic heterocycles. The first-order valence-corrected chi connectivity index (χ1v) is 5.63. The maximum Gasteiger partial charge on any atom is 0.128 e. The molecule has 0 fully saturated rings. The summed E-state index contributed by atoms with van der Waals surface area (Å²) in [7, 11) is 1.67. The van der Waals surface area contributed by atoms with Crippen LogP contribution in [0.15, 0.2) is 30.5 Å². The standard InChI is InChI=1S/C13H17N3O/c1-10-15-12(9-16(10)8-7-14)11-5-3-4-6-13(11)17-2/h3-6,9H,7-8,14H2,1-2H3. The molecule has 1 aromatic carbocycles. The second-order valence-electron chi connectivity index (χ2n) is 3.86. The van der Waals surface area contributed by atoms with Gasteiger partial charge in [0.1, 0.15) is 11.6 Å². The van der Waals surface area contributed by atoms with Crippen LogP contribution in [0.3, 0.4) is 0 Å². The van der Waals surface area contributed by atoms with Crippen LogP contribution >= 0.6 is 0 Å². The largest absolute Gasteiger partial charge is 0.496 e. The van der Waals surface area contributed by atoms with Crippen LogP contribution in [0.2, 0.25) is 0 Å². The van der Waals surface area contributed by atoms with Crippen LogP contribution in [0.25, 0.3) is 11.3 Å². The molecule has 0 saturated heterocycles. The molecule has 0 aliphatic carbocycles. The Bertz CT molecular complexity index is 505. The summed E-state index contributed by atoms with van der Waals surface area (Å²) < 4.78 is 7.39. The lowest BCUT2D eigenvalue weighted by atomic mass is 10.1. The lowest BCUT2D eigenvalue weighted by Gasteiger charge is -2.04. The van der Waals surface area contributed by atoms with E-state index in [-0.39, 0.29) is 0 Å². The van der Waals surface area contributed by atoms with Crippen molar-refractivity contribution in [2.75, 3.05) is 13.7 Å². The molecule has 4 nitrogen and oxygen atoms in total. The third-order valence-electron chi connectivity index (χ3n) is 2.73. The van der Waals surface area contributed by atoms with Gasteiger partial charge in [-0.05, 0) is 19.1 Å². The zero-order valence-electron chi connectivity index (χ0n) is 10.2. The molecule has 0 bridgehead atoms. The molecule has 90 valence electrons. The van der Waals surface area contributed by atoms with Crippen LogP contribution in [0, 0.1) is 6.92 Å². The Morgan fingerprint density at radius 3 is 2.82 bits per heavy atom. The summed E-state index contributed by atoms with van der Waals surface area (Å²) in [6.07, 6.45) is 2.01. The van der Waals surface area contributed by atoms with Crippen LogP contribution in [-0.4, -0.2) is 23.2 Å². The molecule has 0 saturated carbocycles. The van der Waals surface area contributed by atoms with E-state index in [9.17, 15) is 0 Å². The minimum atomic E-state index is 0.614. The molecule has 0 radical (unpaired) electrons. The molecule has 2 rings (SSSR count). The fourth-order valence-electron chi connectivity index (χ4n) is 1.86. The molecule has 0 aliphatic rings. The second-order valence-corrected chi connectivity index (χ2v) is 3.86. The Hall–Kier alpha value is -1.81. The van der Waals surface area contributed by atoms with E-state index < -0.39 is 0 Å². The first-order chi connectivity index (χ1) is 8.26. The predicted molar refractivity (Wildman–Crippen MR) is 68.0 cm³/mol. The number of methoxy groups -OCH3 is 1. The van der Waals surface area contributed by atoms with Gasteiger partial charge in [0, 0.05) is 24.8 Å². The summed E-state index contributed by atoms with van der Waals surface area (Å²) in [5, 5.41) is 0. The maximum absolute atomic E-state index is 5.56. The third kappa shape index (κ3) is 2.31. The van der Waals surface area contributed by atoms with E-state index in [0.717, 1.165) is 29.4 Å². The summed E-state index contributed by atoms with van der Waals surface area (Å²) in [5.74, 6) is 1.81. The lowest BCUT2D eigenvalue weighted by molar-refractivity contribution is 0.416. The summed E-state index contributed by atoms with van der Waals surface area (Å²) in [4.78, 5) is 4.54. The van der Waals surface area contributed by atoms with Crippen molar-refractivity contribution >= 4 is 0 Å². The zero-order chi connectivity index (χ0) is 12.3. The Morgan fingerprint density at radius 2 is 2.12 bits per heavy atom. The fraction of sp³-hybridized carbons (Fsp3) is 0.308. The number of hydrogen-bond acceptors (Lipinski definition) is 3. The molecular formula is C13H17N3O. The Balaban J connectivity index is 2.42. The number of imidazole rings is 1. The highest BCUT2D eigenvalue weighted by Gasteiger charge is 2.09. The second kappa shape index (κ2) is 5.01. The summed E-state index contributed by atoms with van der Waals surface area (Å²) in [5.41, 5.74) is 7.49. The van der Waals surface area contributed by atoms with Crippen LogP contribution in [-0.2, 0) is 6.54 Å². The molecule has 0 atom stereocenters. The number of aryl methyl sites for hydroxylation is 1. The number of aromatic nitrogens is 2. The van der Waals surface area contributed by atoms with Gasteiger partial charge in [0.15, 0.2) is 0 Å². The number of ether oxygens (including phenoxy) is 1. The van der Waals surface area contributed by atoms with Gasteiger partial charge in [-0.1, -0.05) is 12.1 Å². The van der Waals surface area contributed by atoms with Crippen molar-refractivity contribution in [2.24, 2.45) is 5.73 Å². The van der Waals surface area contributed by atoms with Crippen molar-refractivity contribution < 1.29 is 4.74 Å². The normalized spacial score (nSPS) is 10.5. The third-order valence-corrected chi connectivity index (χ3v) is 2.73. The number of hydrogen-bond donors (Lipinski definition) is 1. The average Bonchev–Trinajstić information content (AvgIpc) is 2.71. The minimum absolute atomic E-state index is 0.614. The predicted octanol–water partition coefficient (Wildman–Crippen LogP) is 1.83. The van der Waals surface area contributed by atoms with Gasteiger partial charge in [-0.3, -0.25) is 0 Å². The van der Waals surface area contributed by atoms with E-state index in [2.05, 4.69) is 9.55 Å². The van der Waals surface area contributed by atoms with Gasteiger partial charge in [0.25, 0.3) is 0 Å². The Morgan fingerprint density at radius 1 is 1.35 bits per heavy atom. The smallest absolute Gasteiger partial charge is 0.128 e. The molecule has 0 amide bonds. The quantitative estimate of drug-likeness (QED) is 0.873. The van der Waals surface area contributed by atoms with Crippen molar-refractivity contribution in [2.45, 2.75) is 13.5 Å². The molecule has 1 aromatic heterocycles. The molecule has 2 aromatic rings. The summed E-state index contributed by atoms with van der Waals surface area (Å²) in [6, 6.07) is 7.88. The van der Waals surface area contributed by atoms with Gasteiger partial charge in [-0.15, -0.1) is 0 Å². The fourth-order valence-corrected chi connectivity index (χ4v) is 1.86. The first-order valence-electron chi connectivity index (χ1n) is 5.63. The number of rotatable bonds is 4. The van der Waals surface area contributed by atoms with Crippen LogP contribution in [0.1, 0.15) is 5.82 Å². The lowest BCUT2D eigenvalue weighted by Crippen LogP contribution is -2.10. The van der Waals surface area contributed by atoms with Gasteiger partial charge in [-0.2, -0.15) is 0 Å². The van der Waals surface area contributed by atoms with Crippen molar-refractivity contribution in [1.82, 2.24) is 9.55 Å². The minimum Gasteiger partial charge on any atom is -0.496 e. The highest BCUT2D eigenvalue weighted by atomic mass is 16.5. The summed E-state index contributed by atoms with van der Waals surface area (Å²) in [6.45, 7) is 3.38.